The summed E-state index contributed by atoms with van der Waals surface area (Å²) in [5.41, 5.74) is 0.437. The van der Waals surface area contributed by atoms with Gasteiger partial charge in [0, 0.05) is 12.1 Å². The molecule has 1 heterocycles. The highest BCUT2D eigenvalue weighted by Gasteiger charge is 2.03. The number of rotatable bonds is 1. The fourth-order valence-corrected chi connectivity index (χ4v) is 0.883. The molecule has 1 rings (SSSR count). The van der Waals surface area contributed by atoms with Crippen molar-refractivity contribution >= 4 is 24.1 Å². The Morgan fingerprint density at radius 1 is 1.73 bits per heavy atom. The summed E-state index contributed by atoms with van der Waals surface area (Å²) in [5, 5.41) is 0.264. The van der Waals surface area contributed by atoms with Crippen LogP contribution in [0.4, 0.5) is 0 Å². The highest BCUT2D eigenvalue weighted by atomic mass is 35.5. The predicted octanol–water partition coefficient (Wildman–Crippen LogP) is 1.91. The van der Waals surface area contributed by atoms with Crippen molar-refractivity contribution in [3.63, 3.8) is 0 Å². The van der Waals surface area contributed by atoms with Crippen LogP contribution in [-0.4, -0.2) is 12.5 Å². The second-order valence-corrected chi connectivity index (χ2v) is 2.72. The first kappa shape index (κ1) is 8.21. The van der Waals surface area contributed by atoms with E-state index in [0.29, 0.717) is 11.9 Å². The molecule has 0 saturated heterocycles. The smallest absolute Gasteiger partial charge is 0.153 e. The van der Waals surface area contributed by atoms with Gasteiger partial charge in [-0.15, -0.1) is 0 Å². The van der Waals surface area contributed by atoms with Gasteiger partial charge in [-0.25, -0.2) is 4.99 Å². The second-order valence-electron chi connectivity index (χ2n) is 2.36. The fourth-order valence-electron chi connectivity index (χ4n) is 0.719. The number of carbonyl (C=O) groups excluding carboxylic acids is 1. The first-order valence-electron chi connectivity index (χ1n) is 3.31. The van der Waals surface area contributed by atoms with Crippen molar-refractivity contribution in [2.75, 3.05) is 0 Å². The van der Waals surface area contributed by atoms with Crippen LogP contribution in [0.3, 0.4) is 0 Å². The lowest BCUT2D eigenvalue weighted by Gasteiger charge is -1.89. The van der Waals surface area contributed by atoms with E-state index in [0.717, 1.165) is 0 Å². The molecule has 0 amide bonds. The SMILES string of the molecule is CC1C=CC(C=O)=C(Cl)N=C1. The van der Waals surface area contributed by atoms with Gasteiger partial charge >= 0.3 is 0 Å². The largest absolute Gasteiger partial charge is 0.298 e. The Morgan fingerprint density at radius 3 is 3.09 bits per heavy atom. The fraction of sp³-hybridized carbons (Fsp3) is 0.250. The van der Waals surface area contributed by atoms with Gasteiger partial charge in [-0.3, -0.25) is 4.79 Å². The minimum atomic E-state index is 0.237. The van der Waals surface area contributed by atoms with E-state index in [-0.39, 0.29) is 11.1 Å². The zero-order chi connectivity index (χ0) is 8.27. The summed E-state index contributed by atoms with van der Waals surface area (Å²) < 4.78 is 0. The van der Waals surface area contributed by atoms with Crippen molar-refractivity contribution in [3.05, 3.63) is 22.9 Å². The van der Waals surface area contributed by atoms with Crippen LogP contribution in [0.15, 0.2) is 27.9 Å². The standard InChI is InChI=1S/C8H8ClNO/c1-6-2-3-7(5-11)8(9)10-4-6/h2-6H,1H3. The lowest BCUT2D eigenvalue weighted by molar-refractivity contribution is -0.104. The van der Waals surface area contributed by atoms with Crippen molar-refractivity contribution < 1.29 is 4.79 Å². The van der Waals surface area contributed by atoms with E-state index in [4.69, 9.17) is 11.6 Å². The summed E-state index contributed by atoms with van der Waals surface area (Å²) in [6.07, 6.45) is 5.97. The topological polar surface area (TPSA) is 29.4 Å². The number of hydrogen-bond donors (Lipinski definition) is 0. The minimum Gasteiger partial charge on any atom is -0.298 e. The average molecular weight is 170 g/mol. The van der Waals surface area contributed by atoms with Crippen LogP contribution in [0.5, 0.6) is 0 Å². The number of hydrogen-bond acceptors (Lipinski definition) is 2. The van der Waals surface area contributed by atoms with Crippen LogP contribution in [-0.2, 0) is 4.79 Å². The molecule has 1 aliphatic heterocycles. The van der Waals surface area contributed by atoms with Crippen LogP contribution in [0.1, 0.15) is 6.92 Å². The maximum atomic E-state index is 10.4. The number of aliphatic imine (C=N–C) groups is 1. The second kappa shape index (κ2) is 3.49. The molecule has 0 saturated carbocycles. The summed E-state index contributed by atoms with van der Waals surface area (Å²) in [4.78, 5) is 14.2. The average Bonchev–Trinajstić information content (AvgIpc) is 2.15. The Labute approximate surface area is 70.3 Å². The lowest BCUT2D eigenvalue weighted by Crippen LogP contribution is -1.87. The molecule has 1 unspecified atom stereocenters. The highest BCUT2D eigenvalue weighted by Crippen LogP contribution is 2.14. The van der Waals surface area contributed by atoms with E-state index >= 15 is 0 Å². The molecule has 0 fully saturated rings. The van der Waals surface area contributed by atoms with E-state index in [1.165, 1.54) is 0 Å². The third-order valence-electron chi connectivity index (χ3n) is 1.37. The molecule has 58 valence electrons. The molecule has 0 spiro atoms. The number of allylic oxidation sites excluding steroid dienone is 3. The summed E-state index contributed by atoms with van der Waals surface area (Å²) >= 11 is 5.65. The van der Waals surface area contributed by atoms with E-state index in [2.05, 4.69) is 4.99 Å². The molecule has 11 heavy (non-hydrogen) atoms. The van der Waals surface area contributed by atoms with Crippen molar-refractivity contribution in [2.24, 2.45) is 10.9 Å². The van der Waals surface area contributed by atoms with Crippen molar-refractivity contribution in [2.45, 2.75) is 6.92 Å². The van der Waals surface area contributed by atoms with Gasteiger partial charge in [0.2, 0.25) is 0 Å². The normalized spacial score (nSPS) is 23.6. The van der Waals surface area contributed by atoms with Gasteiger partial charge in [-0.05, 0) is 0 Å². The van der Waals surface area contributed by atoms with Crippen LogP contribution in [0.2, 0.25) is 0 Å². The van der Waals surface area contributed by atoms with E-state index in [1.54, 1.807) is 12.3 Å². The molecular weight excluding hydrogens is 162 g/mol. The maximum Gasteiger partial charge on any atom is 0.153 e. The van der Waals surface area contributed by atoms with Crippen LogP contribution >= 0.6 is 11.6 Å². The zero-order valence-electron chi connectivity index (χ0n) is 6.12. The number of nitrogens with zero attached hydrogens (tertiary/aromatic N) is 1. The van der Waals surface area contributed by atoms with Crippen LogP contribution in [0, 0.1) is 5.92 Å². The van der Waals surface area contributed by atoms with Gasteiger partial charge in [0.1, 0.15) is 5.16 Å². The van der Waals surface area contributed by atoms with Gasteiger partial charge in [-0.1, -0.05) is 30.7 Å². The first-order chi connectivity index (χ1) is 5.24. The van der Waals surface area contributed by atoms with Gasteiger partial charge in [0.25, 0.3) is 0 Å². The lowest BCUT2D eigenvalue weighted by atomic mass is 10.2. The summed E-state index contributed by atoms with van der Waals surface area (Å²) in [7, 11) is 0. The molecule has 0 bridgehead atoms. The molecule has 1 atom stereocenters. The third-order valence-corrected chi connectivity index (χ3v) is 1.68. The molecule has 0 aromatic carbocycles. The molecule has 0 aromatic rings. The highest BCUT2D eigenvalue weighted by molar-refractivity contribution is 6.31. The zero-order valence-corrected chi connectivity index (χ0v) is 6.88. The Kier molecular flexibility index (Phi) is 2.60. The van der Waals surface area contributed by atoms with Crippen molar-refractivity contribution in [1.29, 1.82) is 0 Å². The van der Waals surface area contributed by atoms with E-state index < -0.39 is 0 Å². The van der Waals surface area contributed by atoms with Gasteiger partial charge in [0.15, 0.2) is 6.29 Å². The Hall–Kier alpha value is -0.890. The summed E-state index contributed by atoms with van der Waals surface area (Å²) in [6.45, 7) is 1.97. The van der Waals surface area contributed by atoms with Gasteiger partial charge in [0.05, 0.1) is 5.57 Å². The Morgan fingerprint density at radius 2 is 2.45 bits per heavy atom. The van der Waals surface area contributed by atoms with Gasteiger partial charge in [-0.2, -0.15) is 0 Å². The first-order valence-corrected chi connectivity index (χ1v) is 3.69. The Balaban J connectivity index is 2.99. The molecule has 2 nitrogen and oxygen atoms in total. The molecule has 0 aliphatic carbocycles. The number of carbonyl (C=O) groups is 1. The molecule has 0 radical (unpaired) electrons. The van der Waals surface area contributed by atoms with E-state index in [1.807, 2.05) is 13.0 Å². The molecule has 0 N–H and O–H groups in total. The molecule has 0 aromatic heterocycles. The molecular formula is C8H8ClNO. The molecule has 3 heteroatoms. The van der Waals surface area contributed by atoms with E-state index in [9.17, 15) is 4.79 Å². The summed E-state index contributed by atoms with van der Waals surface area (Å²) in [6, 6.07) is 0. The third kappa shape index (κ3) is 2.02. The molecule has 1 aliphatic rings. The van der Waals surface area contributed by atoms with Crippen LogP contribution < -0.4 is 0 Å². The van der Waals surface area contributed by atoms with Gasteiger partial charge < -0.3 is 0 Å². The summed E-state index contributed by atoms with van der Waals surface area (Å²) in [5.74, 6) is 0.237. The minimum absolute atomic E-state index is 0.237. The quantitative estimate of drug-likeness (QED) is 0.436. The number of aldehydes is 1. The number of halogens is 1. The Bertz CT molecular complexity index is 253. The monoisotopic (exact) mass is 169 g/mol. The van der Waals surface area contributed by atoms with Crippen LogP contribution in [0.25, 0.3) is 0 Å². The van der Waals surface area contributed by atoms with Crippen molar-refractivity contribution in [1.82, 2.24) is 0 Å². The predicted molar refractivity (Wildman–Crippen MR) is 45.7 cm³/mol. The van der Waals surface area contributed by atoms with Crippen molar-refractivity contribution in [3.8, 4) is 0 Å². The maximum absolute atomic E-state index is 10.4.